The van der Waals surface area contributed by atoms with Crippen molar-refractivity contribution in [3.63, 3.8) is 0 Å². The minimum Gasteiger partial charge on any atom is -0.389 e. The highest BCUT2D eigenvalue weighted by atomic mass is 16.5. The third-order valence-electron chi connectivity index (χ3n) is 1.74. The molecule has 0 saturated carbocycles. The molecular formula is C12H27N3O2. The highest BCUT2D eigenvalue weighted by Crippen LogP contribution is 1.98. The lowest BCUT2D eigenvalue weighted by atomic mass is 10.1. The van der Waals surface area contributed by atoms with Crippen molar-refractivity contribution in [2.75, 3.05) is 19.8 Å². The van der Waals surface area contributed by atoms with E-state index in [1.54, 1.807) is 0 Å². The number of hydrogen-bond acceptors (Lipinski definition) is 3. The van der Waals surface area contributed by atoms with Gasteiger partial charge in [0.05, 0.1) is 19.3 Å². The number of aliphatic hydroxyl groups is 1. The Labute approximate surface area is 104 Å². The lowest BCUT2D eigenvalue weighted by Gasteiger charge is -2.21. The highest BCUT2D eigenvalue weighted by Gasteiger charge is 2.10. The number of aliphatic hydroxyl groups excluding tert-OH is 1. The summed E-state index contributed by atoms with van der Waals surface area (Å²) in [6.07, 6.45) is -0.603. The fourth-order valence-electron chi connectivity index (χ4n) is 1.12. The van der Waals surface area contributed by atoms with Crippen molar-refractivity contribution >= 4 is 5.96 Å². The van der Waals surface area contributed by atoms with Crippen LogP contribution in [0.15, 0.2) is 4.99 Å². The van der Waals surface area contributed by atoms with Gasteiger partial charge in [-0.2, -0.15) is 0 Å². The van der Waals surface area contributed by atoms with Crippen LogP contribution in [0.2, 0.25) is 0 Å². The predicted octanol–water partition coefficient (Wildman–Crippen LogP) is 0.723. The van der Waals surface area contributed by atoms with Gasteiger partial charge >= 0.3 is 0 Å². The molecule has 0 bridgehead atoms. The molecule has 0 aliphatic carbocycles. The molecule has 5 heteroatoms. The second-order valence-corrected chi connectivity index (χ2v) is 5.69. The van der Waals surface area contributed by atoms with Gasteiger partial charge in [-0.3, -0.25) is 4.99 Å². The molecule has 0 aliphatic heterocycles. The van der Waals surface area contributed by atoms with E-state index in [1.807, 2.05) is 20.8 Å². The van der Waals surface area contributed by atoms with Crippen LogP contribution in [0.5, 0.6) is 0 Å². The second kappa shape index (κ2) is 7.50. The summed E-state index contributed by atoms with van der Waals surface area (Å²) in [7, 11) is 0. The molecule has 0 fully saturated rings. The number of rotatable bonds is 6. The molecule has 0 spiro atoms. The Bertz CT molecular complexity index is 234. The van der Waals surface area contributed by atoms with E-state index in [4.69, 9.17) is 10.5 Å². The van der Waals surface area contributed by atoms with E-state index in [2.05, 4.69) is 24.2 Å². The van der Waals surface area contributed by atoms with E-state index < -0.39 is 6.10 Å². The first kappa shape index (κ1) is 16.2. The summed E-state index contributed by atoms with van der Waals surface area (Å²) in [5, 5.41) is 12.6. The lowest BCUT2D eigenvalue weighted by Crippen LogP contribution is -2.45. The van der Waals surface area contributed by atoms with Gasteiger partial charge in [-0.1, -0.05) is 13.8 Å². The molecule has 0 aromatic heterocycles. The van der Waals surface area contributed by atoms with Crippen LogP contribution < -0.4 is 11.1 Å². The van der Waals surface area contributed by atoms with Crippen molar-refractivity contribution < 1.29 is 9.84 Å². The minimum atomic E-state index is -0.603. The average molecular weight is 245 g/mol. The zero-order valence-corrected chi connectivity index (χ0v) is 11.7. The number of nitrogens with zero attached hydrogens (tertiary/aromatic N) is 1. The van der Waals surface area contributed by atoms with Crippen LogP contribution in [0.25, 0.3) is 0 Å². The van der Waals surface area contributed by atoms with E-state index in [-0.39, 0.29) is 12.1 Å². The largest absolute Gasteiger partial charge is 0.389 e. The Balaban J connectivity index is 3.81. The molecule has 5 nitrogen and oxygen atoms in total. The summed E-state index contributed by atoms with van der Waals surface area (Å²) in [6, 6.07) is 0. The number of aliphatic imine (C=N–C) groups is 1. The van der Waals surface area contributed by atoms with E-state index in [1.165, 1.54) is 0 Å². The normalized spacial score (nSPS) is 15.1. The SMILES string of the molecule is CC(C)COCC(O)CN=C(N)NC(C)(C)C. The van der Waals surface area contributed by atoms with Crippen LogP contribution in [0.3, 0.4) is 0 Å². The van der Waals surface area contributed by atoms with Gasteiger partial charge < -0.3 is 20.9 Å². The zero-order chi connectivity index (χ0) is 13.5. The molecule has 17 heavy (non-hydrogen) atoms. The minimum absolute atomic E-state index is 0.118. The Morgan fingerprint density at radius 1 is 1.35 bits per heavy atom. The van der Waals surface area contributed by atoms with Crippen molar-refractivity contribution in [2.24, 2.45) is 16.6 Å². The maximum atomic E-state index is 9.59. The number of ether oxygens (including phenoxy) is 1. The molecular weight excluding hydrogens is 218 g/mol. The highest BCUT2D eigenvalue weighted by molar-refractivity contribution is 5.78. The zero-order valence-electron chi connectivity index (χ0n) is 11.7. The molecule has 1 unspecified atom stereocenters. The molecule has 0 aliphatic rings. The number of nitrogens with two attached hydrogens (primary N) is 1. The number of hydrogen-bond donors (Lipinski definition) is 3. The Kier molecular flexibility index (Phi) is 7.15. The molecule has 1 atom stereocenters. The third kappa shape index (κ3) is 11.5. The number of guanidine groups is 1. The van der Waals surface area contributed by atoms with Crippen LogP contribution in [-0.4, -0.2) is 42.5 Å². The Morgan fingerprint density at radius 3 is 2.41 bits per heavy atom. The molecule has 0 rings (SSSR count). The van der Waals surface area contributed by atoms with Crippen LogP contribution in [0, 0.1) is 5.92 Å². The number of nitrogens with one attached hydrogen (secondary N) is 1. The maximum Gasteiger partial charge on any atom is 0.189 e. The molecule has 102 valence electrons. The molecule has 0 radical (unpaired) electrons. The second-order valence-electron chi connectivity index (χ2n) is 5.69. The van der Waals surface area contributed by atoms with Crippen molar-refractivity contribution in [1.29, 1.82) is 0 Å². The van der Waals surface area contributed by atoms with Gasteiger partial charge in [-0.15, -0.1) is 0 Å². The lowest BCUT2D eigenvalue weighted by molar-refractivity contribution is 0.0301. The van der Waals surface area contributed by atoms with E-state index in [9.17, 15) is 5.11 Å². The maximum absolute atomic E-state index is 9.59. The van der Waals surface area contributed by atoms with Gasteiger partial charge in [0.1, 0.15) is 0 Å². The molecule has 0 amide bonds. The Morgan fingerprint density at radius 2 is 1.94 bits per heavy atom. The first-order valence-electron chi connectivity index (χ1n) is 6.04. The van der Waals surface area contributed by atoms with Gasteiger partial charge in [0, 0.05) is 12.1 Å². The van der Waals surface area contributed by atoms with Gasteiger partial charge in [-0.25, -0.2) is 0 Å². The quantitative estimate of drug-likeness (QED) is 0.476. The van der Waals surface area contributed by atoms with Crippen LogP contribution in [-0.2, 0) is 4.74 Å². The topological polar surface area (TPSA) is 79.9 Å². The summed E-state index contributed by atoms with van der Waals surface area (Å²) in [6.45, 7) is 11.3. The van der Waals surface area contributed by atoms with Gasteiger partial charge in [0.2, 0.25) is 0 Å². The summed E-state index contributed by atoms with van der Waals surface area (Å²) in [5.41, 5.74) is 5.55. The average Bonchev–Trinajstić information content (AvgIpc) is 2.11. The first-order valence-corrected chi connectivity index (χ1v) is 6.04. The third-order valence-corrected chi connectivity index (χ3v) is 1.74. The van der Waals surface area contributed by atoms with Crippen molar-refractivity contribution in [1.82, 2.24) is 5.32 Å². The summed E-state index contributed by atoms with van der Waals surface area (Å²) < 4.78 is 5.31. The standard InChI is InChI=1S/C12H27N3O2/c1-9(2)7-17-8-10(16)6-14-11(13)15-12(3,4)5/h9-10,16H,6-8H2,1-5H3,(H3,13,14,15). The smallest absolute Gasteiger partial charge is 0.189 e. The fraction of sp³-hybridized carbons (Fsp3) is 0.917. The molecule has 0 aromatic carbocycles. The molecule has 0 aromatic rings. The van der Waals surface area contributed by atoms with E-state index >= 15 is 0 Å². The summed E-state index contributed by atoms with van der Waals surface area (Å²) >= 11 is 0. The first-order chi connectivity index (χ1) is 7.70. The van der Waals surface area contributed by atoms with E-state index in [0.29, 0.717) is 25.1 Å². The van der Waals surface area contributed by atoms with Crippen LogP contribution in [0.1, 0.15) is 34.6 Å². The molecule has 0 heterocycles. The monoisotopic (exact) mass is 245 g/mol. The van der Waals surface area contributed by atoms with Gasteiger partial charge in [0.15, 0.2) is 5.96 Å². The molecule has 0 saturated heterocycles. The van der Waals surface area contributed by atoms with Gasteiger partial charge in [0.25, 0.3) is 0 Å². The van der Waals surface area contributed by atoms with Crippen LogP contribution >= 0.6 is 0 Å². The summed E-state index contributed by atoms with van der Waals surface area (Å²) in [5.74, 6) is 0.818. The summed E-state index contributed by atoms with van der Waals surface area (Å²) in [4.78, 5) is 4.06. The molecule has 4 N–H and O–H groups in total. The van der Waals surface area contributed by atoms with Gasteiger partial charge in [-0.05, 0) is 26.7 Å². The van der Waals surface area contributed by atoms with Crippen molar-refractivity contribution in [3.05, 3.63) is 0 Å². The van der Waals surface area contributed by atoms with Crippen LogP contribution in [0.4, 0.5) is 0 Å². The fourth-order valence-corrected chi connectivity index (χ4v) is 1.12. The van der Waals surface area contributed by atoms with Crippen molar-refractivity contribution in [2.45, 2.75) is 46.3 Å². The predicted molar refractivity (Wildman–Crippen MR) is 71.0 cm³/mol. The Hall–Kier alpha value is -0.810. The van der Waals surface area contributed by atoms with Crippen molar-refractivity contribution in [3.8, 4) is 0 Å². The van der Waals surface area contributed by atoms with E-state index in [0.717, 1.165) is 0 Å².